The Bertz CT molecular complexity index is 657. The van der Waals surface area contributed by atoms with Gasteiger partial charge in [-0.3, -0.25) is 4.79 Å². The number of sulfonamides is 1. The summed E-state index contributed by atoms with van der Waals surface area (Å²) in [5.74, 6) is -0.199. The van der Waals surface area contributed by atoms with Crippen LogP contribution in [0.1, 0.15) is 25.3 Å². The van der Waals surface area contributed by atoms with Crippen molar-refractivity contribution in [2.75, 3.05) is 6.61 Å². The molecule has 1 atom stereocenters. The quantitative estimate of drug-likeness (QED) is 0.851. The molecule has 1 aromatic rings. The summed E-state index contributed by atoms with van der Waals surface area (Å²) in [4.78, 5) is 11.8. The van der Waals surface area contributed by atoms with Gasteiger partial charge in [0.25, 0.3) is 15.9 Å². The van der Waals surface area contributed by atoms with Crippen molar-refractivity contribution in [3.8, 4) is 6.07 Å². The van der Waals surface area contributed by atoms with Gasteiger partial charge >= 0.3 is 0 Å². The normalized spacial score (nSPS) is 16.0. The van der Waals surface area contributed by atoms with Gasteiger partial charge in [-0.25, -0.2) is 13.1 Å². The van der Waals surface area contributed by atoms with E-state index in [0.29, 0.717) is 18.1 Å². The molecule has 7 heteroatoms. The second-order valence-electron chi connectivity index (χ2n) is 5.02. The average Bonchev–Trinajstić information content (AvgIpc) is 3.28. The van der Waals surface area contributed by atoms with Crippen LogP contribution < -0.4 is 4.72 Å². The second-order valence-corrected chi connectivity index (χ2v) is 6.71. The molecule has 1 amide bonds. The molecule has 6 nitrogen and oxygen atoms in total. The second kappa shape index (κ2) is 6.24. The fourth-order valence-corrected chi connectivity index (χ4v) is 2.67. The van der Waals surface area contributed by atoms with Crippen molar-refractivity contribution in [3.63, 3.8) is 0 Å². The van der Waals surface area contributed by atoms with Crippen LogP contribution in [0.2, 0.25) is 0 Å². The summed E-state index contributed by atoms with van der Waals surface area (Å²) >= 11 is 0. The highest BCUT2D eigenvalue weighted by molar-refractivity contribution is 7.90. The Morgan fingerprint density at radius 1 is 1.43 bits per heavy atom. The fraction of sp³-hybridized carbons (Fsp3) is 0.429. The Kier molecular flexibility index (Phi) is 4.60. The third-order valence-electron chi connectivity index (χ3n) is 3.18. The molecule has 0 aliphatic heterocycles. The summed E-state index contributed by atoms with van der Waals surface area (Å²) in [6.45, 7) is 2.00. The average molecular weight is 308 g/mol. The summed E-state index contributed by atoms with van der Waals surface area (Å²) < 4.78 is 31.4. The first kappa shape index (κ1) is 15.5. The molecule has 1 aliphatic rings. The first-order valence-corrected chi connectivity index (χ1v) is 8.09. The minimum Gasteiger partial charge on any atom is -0.368 e. The van der Waals surface area contributed by atoms with Crippen molar-refractivity contribution in [2.45, 2.75) is 30.8 Å². The topological polar surface area (TPSA) is 96.3 Å². The zero-order valence-electron chi connectivity index (χ0n) is 11.6. The summed E-state index contributed by atoms with van der Waals surface area (Å²) in [7, 11) is -3.94. The highest BCUT2D eigenvalue weighted by Crippen LogP contribution is 2.29. The van der Waals surface area contributed by atoms with Crippen LogP contribution in [0.3, 0.4) is 0 Å². The Balaban J connectivity index is 1.98. The minimum absolute atomic E-state index is 0.0655. The van der Waals surface area contributed by atoms with E-state index in [-0.39, 0.29) is 4.90 Å². The molecular weight excluding hydrogens is 292 g/mol. The number of ether oxygens (including phenoxy) is 1. The molecule has 0 aromatic heterocycles. The Labute approximate surface area is 123 Å². The molecule has 1 fully saturated rings. The maximum absolute atomic E-state index is 12.0. The lowest BCUT2D eigenvalue weighted by atomic mass is 10.2. The summed E-state index contributed by atoms with van der Waals surface area (Å²) in [5, 5.41) is 8.67. The molecule has 0 heterocycles. The van der Waals surface area contributed by atoms with Gasteiger partial charge in [0.15, 0.2) is 0 Å². The number of nitrogens with one attached hydrogen (secondary N) is 1. The molecule has 0 radical (unpaired) electrons. The zero-order chi connectivity index (χ0) is 15.5. The van der Waals surface area contributed by atoms with E-state index in [1.807, 2.05) is 10.8 Å². The molecule has 2 rings (SSSR count). The zero-order valence-corrected chi connectivity index (χ0v) is 12.4. The predicted octanol–water partition coefficient (Wildman–Crippen LogP) is 1.18. The molecule has 1 saturated carbocycles. The van der Waals surface area contributed by atoms with E-state index >= 15 is 0 Å². The number of hydrogen-bond donors (Lipinski definition) is 1. The third kappa shape index (κ3) is 4.28. The monoisotopic (exact) mass is 308 g/mol. The number of amides is 1. The number of nitriles is 1. The summed E-state index contributed by atoms with van der Waals surface area (Å²) in [6.07, 6.45) is 1.37. The largest absolute Gasteiger partial charge is 0.368 e. The molecule has 112 valence electrons. The molecule has 0 unspecified atom stereocenters. The number of carbonyl (C=O) groups is 1. The Morgan fingerprint density at radius 2 is 2.05 bits per heavy atom. The van der Waals surface area contributed by atoms with Crippen LogP contribution in [0, 0.1) is 17.2 Å². The van der Waals surface area contributed by atoms with Crippen LogP contribution in [0.15, 0.2) is 29.2 Å². The smallest absolute Gasteiger partial charge is 0.264 e. The summed E-state index contributed by atoms with van der Waals surface area (Å²) in [5.41, 5.74) is 0.349. The maximum Gasteiger partial charge on any atom is 0.264 e. The predicted molar refractivity (Wildman–Crippen MR) is 74.6 cm³/mol. The molecule has 0 saturated heterocycles. The third-order valence-corrected chi connectivity index (χ3v) is 4.54. The number of rotatable bonds is 6. The first-order chi connectivity index (χ1) is 9.92. The maximum atomic E-state index is 12.0. The fourth-order valence-electron chi connectivity index (χ4n) is 1.62. The molecule has 0 bridgehead atoms. The number of nitrogens with zero attached hydrogens (tertiary/aromatic N) is 1. The van der Waals surface area contributed by atoms with Gasteiger partial charge < -0.3 is 4.74 Å². The van der Waals surface area contributed by atoms with Gasteiger partial charge in [0.1, 0.15) is 6.10 Å². The number of hydrogen-bond acceptors (Lipinski definition) is 5. The van der Waals surface area contributed by atoms with Crippen LogP contribution in [0.25, 0.3) is 0 Å². The molecule has 1 aliphatic carbocycles. The van der Waals surface area contributed by atoms with Crippen molar-refractivity contribution >= 4 is 15.9 Å². The molecule has 0 spiro atoms. The van der Waals surface area contributed by atoms with E-state index in [4.69, 9.17) is 10.00 Å². The lowest BCUT2D eigenvalue weighted by molar-refractivity contribution is -0.130. The first-order valence-electron chi connectivity index (χ1n) is 6.61. The van der Waals surface area contributed by atoms with Gasteiger partial charge in [-0.15, -0.1) is 0 Å². The van der Waals surface area contributed by atoms with Crippen LogP contribution in [0.5, 0.6) is 0 Å². The molecule has 1 aromatic carbocycles. The van der Waals surface area contributed by atoms with Gasteiger partial charge in [-0.05, 0) is 49.9 Å². The molecular formula is C14H16N2O4S. The van der Waals surface area contributed by atoms with E-state index < -0.39 is 22.0 Å². The van der Waals surface area contributed by atoms with Gasteiger partial charge in [0.05, 0.1) is 23.1 Å². The van der Waals surface area contributed by atoms with Gasteiger partial charge in [0, 0.05) is 0 Å². The van der Waals surface area contributed by atoms with E-state index in [9.17, 15) is 13.2 Å². The van der Waals surface area contributed by atoms with Crippen molar-refractivity contribution in [2.24, 2.45) is 5.92 Å². The van der Waals surface area contributed by atoms with E-state index in [1.54, 1.807) is 0 Å². The van der Waals surface area contributed by atoms with Gasteiger partial charge in [-0.2, -0.15) is 5.26 Å². The van der Waals surface area contributed by atoms with E-state index in [0.717, 1.165) is 12.8 Å². The van der Waals surface area contributed by atoms with Crippen molar-refractivity contribution in [1.29, 1.82) is 5.26 Å². The number of benzene rings is 1. The highest BCUT2D eigenvalue weighted by atomic mass is 32.2. The standard InChI is InChI=1S/C14H16N2O4S/c1-10(20-9-12-2-3-12)14(17)16-21(18,19)13-6-4-11(8-15)5-7-13/h4-7,10,12H,2-3,9H2,1H3,(H,16,17)/t10-/m1/s1. The van der Waals surface area contributed by atoms with Crippen LogP contribution in [-0.4, -0.2) is 27.0 Å². The van der Waals surface area contributed by atoms with Crippen LogP contribution >= 0.6 is 0 Å². The van der Waals surface area contributed by atoms with Gasteiger partial charge in [0.2, 0.25) is 0 Å². The SMILES string of the molecule is C[C@@H](OCC1CC1)C(=O)NS(=O)(=O)c1ccc(C#N)cc1. The molecule has 1 N–H and O–H groups in total. The Hall–Kier alpha value is -1.91. The van der Waals surface area contributed by atoms with Crippen LogP contribution in [-0.2, 0) is 19.6 Å². The lowest BCUT2D eigenvalue weighted by Gasteiger charge is -2.13. The van der Waals surface area contributed by atoms with Crippen LogP contribution in [0.4, 0.5) is 0 Å². The van der Waals surface area contributed by atoms with Crippen molar-refractivity contribution in [3.05, 3.63) is 29.8 Å². The lowest BCUT2D eigenvalue weighted by Crippen LogP contribution is -2.38. The molecule has 21 heavy (non-hydrogen) atoms. The van der Waals surface area contributed by atoms with Crippen molar-refractivity contribution in [1.82, 2.24) is 4.72 Å². The minimum atomic E-state index is -3.94. The summed E-state index contributed by atoms with van der Waals surface area (Å²) in [6, 6.07) is 7.22. The van der Waals surface area contributed by atoms with E-state index in [2.05, 4.69) is 0 Å². The number of carbonyl (C=O) groups excluding carboxylic acids is 1. The highest BCUT2D eigenvalue weighted by Gasteiger charge is 2.26. The van der Waals surface area contributed by atoms with E-state index in [1.165, 1.54) is 31.2 Å². The van der Waals surface area contributed by atoms with Crippen molar-refractivity contribution < 1.29 is 17.9 Å². The Morgan fingerprint density at radius 3 is 2.57 bits per heavy atom. The van der Waals surface area contributed by atoms with Gasteiger partial charge in [-0.1, -0.05) is 0 Å².